The predicted octanol–water partition coefficient (Wildman–Crippen LogP) is 4.15. The minimum Gasteiger partial charge on any atom is -0.497 e. The van der Waals surface area contributed by atoms with Crippen LogP contribution in [-0.2, 0) is 11.3 Å². The van der Waals surface area contributed by atoms with Crippen molar-refractivity contribution in [2.45, 2.75) is 25.4 Å². The molecule has 1 aliphatic heterocycles. The van der Waals surface area contributed by atoms with E-state index in [9.17, 15) is 4.79 Å². The van der Waals surface area contributed by atoms with Crippen molar-refractivity contribution in [2.75, 3.05) is 34.4 Å². The van der Waals surface area contributed by atoms with Crippen LogP contribution in [0.5, 0.6) is 11.5 Å². The molecule has 1 aliphatic rings. The zero-order valence-corrected chi connectivity index (χ0v) is 17.4. The molecule has 1 heterocycles. The molecule has 0 spiro atoms. The smallest absolute Gasteiger partial charge is 0.236 e. The normalized spacial score (nSPS) is 16.8. The van der Waals surface area contributed by atoms with Crippen molar-refractivity contribution in [3.63, 3.8) is 0 Å². The lowest BCUT2D eigenvalue weighted by molar-refractivity contribution is -0.131. The van der Waals surface area contributed by atoms with Gasteiger partial charge in [0.2, 0.25) is 5.91 Å². The molecular weight excluding hydrogens is 376 g/mol. The number of hydrogen-bond acceptors (Lipinski definition) is 4. The molecule has 2 aromatic carbocycles. The van der Waals surface area contributed by atoms with Crippen LogP contribution < -0.4 is 9.47 Å². The molecule has 0 aromatic heterocycles. The lowest BCUT2D eigenvalue weighted by Gasteiger charge is -2.28. The monoisotopic (exact) mass is 402 g/mol. The predicted molar refractivity (Wildman–Crippen MR) is 111 cm³/mol. The first-order chi connectivity index (χ1) is 13.5. The van der Waals surface area contributed by atoms with Gasteiger partial charge in [-0.05, 0) is 55.3 Å². The van der Waals surface area contributed by atoms with Gasteiger partial charge in [0.15, 0.2) is 0 Å². The van der Waals surface area contributed by atoms with Crippen molar-refractivity contribution < 1.29 is 14.3 Å². The third-order valence-electron chi connectivity index (χ3n) is 5.23. The first-order valence-electron chi connectivity index (χ1n) is 9.46. The van der Waals surface area contributed by atoms with Crippen molar-refractivity contribution in [3.8, 4) is 11.5 Å². The fourth-order valence-electron chi connectivity index (χ4n) is 3.76. The van der Waals surface area contributed by atoms with Gasteiger partial charge in [-0.3, -0.25) is 9.69 Å². The number of benzene rings is 2. The van der Waals surface area contributed by atoms with Crippen LogP contribution in [-0.4, -0.2) is 50.1 Å². The van der Waals surface area contributed by atoms with Gasteiger partial charge < -0.3 is 14.4 Å². The Balaban J connectivity index is 1.70. The third-order valence-corrected chi connectivity index (χ3v) is 5.47. The highest BCUT2D eigenvalue weighted by Gasteiger charge is 2.30. The fraction of sp³-hybridized carbons (Fsp3) is 0.409. The van der Waals surface area contributed by atoms with Crippen LogP contribution in [0.15, 0.2) is 42.5 Å². The molecule has 28 heavy (non-hydrogen) atoms. The highest BCUT2D eigenvalue weighted by atomic mass is 35.5. The standard InChI is InChI=1S/C22H27ClN2O3/c1-24(14-16-6-4-7-17(23)12-16)22(26)15-25-11-5-8-20(25)19-13-18(27-2)9-10-21(19)28-3/h4,6-7,9-10,12-13,20H,5,8,11,14-15H2,1-3H3/t20-/m0/s1. The van der Waals surface area contributed by atoms with Gasteiger partial charge in [-0.2, -0.15) is 0 Å². The van der Waals surface area contributed by atoms with E-state index in [0.29, 0.717) is 18.1 Å². The van der Waals surface area contributed by atoms with Crippen LogP contribution in [0, 0.1) is 0 Å². The molecule has 1 atom stereocenters. The summed E-state index contributed by atoms with van der Waals surface area (Å²) in [5.74, 6) is 1.72. The molecule has 0 aliphatic carbocycles. The number of nitrogens with zero attached hydrogens (tertiary/aromatic N) is 2. The summed E-state index contributed by atoms with van der Waals surface area (Å²) in [7, 11) is 5.17. The number of likely N-dealkylation sites (tertiary alicyclic amines) is 1. The van der Waals surface area contributed by atoms with E-state index in [0.717, 1.165) is 42.0 Å². The first kappa shape index (κ1) is 20.5. The van der Waals surface area contributed by atoms with E-state index < -0.39 is 0 Å². The quantitative estimate of drug-likeness (QED) is 0.697. The van der Waals surface area contributed by atoms with E-state index in [1.165, 1.54) is 0 Å². The summed E-state index contributed by atoms with van der Waals surface area (Å²) in [6.07, 6.45) is 2.05. The van der Waals surface area contributed by atoms with Crippen molar-refractivity contribution >= 4 is 17.5 Å². The molecule has 1 fully saturated rings. The van der Waals surface area contributed by atoms with Gasteiger partial charge in [0, 0.05) is 30.2 Å². The molecule has 2 aromatic rings. The zero-order valence-electron chi connectivity index (χ0n) is 16.7. The van der Waals surface area contributed by atoms with Crippen molar-refractivity contribution in [3.05, 3.63) is 58.6 Å². The highest BCUT2D eigenvalue weighted by Crippen LogP contribution is 2.38. The Hall–Kier alpha value is -2.24. The van der Waals surface area contributed by atoms with E-state index in [1.807, 2.05) is 49.5 Å². The van der Waals surface area contributed by atoms with Crippen LogP contribution in [0.4, 0.5) is 0 Å². The Morgan fingerprint density at radius 1 is 1.21 bits per heavy atom. The topological polar surface area (TPSA) is 42.0 Å². The van der Waals surface area contributed by atoms with Crippen molar-refractivity contribution in [1.82, 2.24) is 9.80 Å². The van der Waals surface area contributed by atoms with Crippen LogP contribution in [0.3, 0.4) is 0 Å². The number of methoxy groups -OCH3 is 2. The maximum Gasteiger partial charge on any atom is 0.236 e. The summed E-state index contributed by atoms with van der Waals surface area (Å²) in [5, 5.41) is 0.683. The van der Waals surface area contributed by atoms with Crippen LogP contribution >= 0.6 is 11.6 Å². The minimum atomic E-state index is 0.0914. The molecule has 0 N–H and O–H groups in total. The van der Waals surface area contributed by atoms with Crippen LogP contribution in [0.25, 0.3) is 0 Å². The van der Waals surface area contributed by atoms with Crippen molar-refractivity contribution in [2.24, 2.45) is 0 Å². The summed E-state index contributed by atoms with van der Waals surface area (Å²) < 4.78 is 10.9. The Kier molecular flexibility index (Phi) is 6.81. The zero-order chi connectivity index (χ0) is 20.1. The second-order valence-corrected chi connectivity index (χ2v) is 7.55. The number of likely N-dealkylation sites (N-methyl/N-ethyl adjacent to an activating group) is 1. The average molecular weight is 403 g/mol. The van der Waals surface area contributed by atoms with Gasteiger partial charge in [0.05, 0.1) is 20.8 Å². The number of carbonyl (C=O) groups excluding carboxylic acids is 1. The Morgan fingerprint density at radius 3 is 2.75 bits per heavy atom. The summed E-state index contributed by atoms with van der Waals surface area (Å²) in [6.45, 7) is 1.81. The molecule has 5 nitrogen and oxygen atoms in total. The molecular formula is C22H27ClN2O3. The molecule has 3 rings (SSSR count). The molecule has 0 saturated carbocycles. The molecule has 150 valence electrons. The number of halogens is 1. The van der Waals surface area contributed by atoms with E-state index in [-0.39, 0.29) is 11.9 Å². The van der Waals surface area contributed by atoms with Crippen LogP contribution in [0.2, 0.25) is 5.02 Å². The first-order valence-corrected chi connectivity index (χ1v) is 9.84. The molecule has 1 amide bonds. The average Bonchev–Trinajstić information content (AvgIpc) is 3.15. The van der Waals surface area contributed by atoms with E-state index >= 15 is 0 Å². The number of ether oxygens (including phenoxy) is 2. The molecule has 6 heteroatoms. The number of hydrogen-bond donors (Lipinski definition) is 0. The van der Waals surface area contributed by atoms with Gasteiger partial charge in [0.1, 0.15) is 11.5 Å². The minimum absolute atomic E-state index is 0.0914. The van der Waals surface area contributed by atoms with E-state index in [4.69, 9.17) is 21.1 Å². The SMILES string of the molecule is COc1ccc(OC)c([C@@H]2CCCN2CC(=O)N(C)Cc2cccc(Cl)c2)c1. The fourth-order valence-corrected chi connectivity index (χ4v) is 3.97. The molecule has 0 unspecified atom stereocenters. The molecule has 0 radical (unpaired) electrons. The maximum atomic E-state index is 12.8. The van der Waals surface area contributed by atoms with Gasteiger partial charge in [-0.25, -0.2) is 0 Å². The second-order valence-electron chi connectivity index (χ2n) is 7.12. The highest BCUT2D eigenvalue weighted by molar-refractivity contribution is 6.30. The Bertz CT molecular complexity index is 827. The molecule has 1 saturated heterocycles. The van der Waals surface area contributed by atoms with E-state index in [2.05, 4.69) is 4.90 Å². The Labute approximate surface area is 171 Å². The number of rotatable bonds is 7. The van der Waals surface area contributed by atoms with Crippen molar-refractivity contribution in [1.29, 1.82) is 0 Å². The lowest BCUT2D eigenvalue weighted by atomic mass is 10.0. The summed E-state index contributed by atoms with van der Waals surface area (Å²) >= 11 is 6.05. The van der Waals surface area contributed by atoms with Crippen LogP contribution in [0.1, 0.15) is 30.0 Å². The maximum absolute atomic E-state index is 12.8. The summed E-state index contributed by atoms with van der Waals surface area (Å²) in [6, 6.07) is 13.6. The van der Waals surface area contributed by atoms with Gasteiger partial charge >= 0.3 is 0 Å². The summed E-state index contributed by atoms with van der Waals surface area (Å²) in [5.41, 5.74) is 2.10. The third kappa shape index (κ3) is 4.78. The van der Waals surface area contributed by atoms with Gasteiger partial charge in [-0.15, -0.1) is 0 Å². The van der Waals surface area contributed by atoms with Gasteiger partial charge in [0.25, 0.3) is 0 Å². The lowest BCUT2D eigenvalue weighted by Crippen LogP contribution is -2.37. The number of amides is 1. The Morgan fingerprint density at radius 2 is 2.04 bits per heavy atom. The van der Waals surface area contributed by atoms with E-state index in [1.54, 1.807) is 19.1 Å². The summed E-state index contributed by atoms with van der Waals surface area (Å²) in [4.78, 5) is 16.8. The largest absolute Gasteiger partial charge is 0.497 e. The van der Waals surface area contributed by atoms with Gasteiger partial charge in [-0.1, -0.05) is 23.7 Å². The molecule has 0 bridgehead atoms. The second kappa shape index (κ2) is 9.30. The number of carbonyl (C=O) groups is 1.